The van der Waals surface area contributed by atoms with E-state index >= 15 is 0 Å². The van der Waals surface area contributed by atoms with Crippen LogP contribution in [0.5, 0.6) is 11.6 Å². The fourth-order valence-electron chi connectivity index (χ4n) is 1.88. The third-order valence-corrected chi connectivity index (χ3v) is 4.04. The van der Waals surface area contributed by atoms with E-state index in [9.17, 15) is 18.0 Å². The van der Waals surface area contributed by atoms with Gasteiger partial charge in [-0.3, -0.25) is 0 Å². The number of methoxy groups -OCH3 is 1. The molecule has 1 aromatic heterocycles. The Hall–Kier alpha value is -2.06. The van der Waals surface area contributed by atoms with Crippen LogP contribution in [0.15, 0.2) is 42.1 Å². The van der Waals surface area contributed by atoms with Gasteiger partial charge in [0.15, 0.2) is 0 Å². The molecular formula is C17H12BrClF3NO3. The van der Waals surface area contributed by atoms with E-state index in [-0.39, 0.29) is 10.9 Å². The molecule has 0 radical (unpaired) electrons. The number of esters is 1. The Morgan fingerprint density at radius 3 is 2.46 bits per heavy atom. The second kappa shape index (κ2) is 8.55. The van der Waals surface area contributed by atoms with E-state index in [1.807, 2.05) is 0 Å². The van der Waals surface area contributed by atoms with Gasteiger partial charge < -0.3 is 9.47 Å². The summed E-state index contributed by atoms with van der Waals surface area (Å²) < 4.78 is 47.9. The molecular weight excluding hydrogens is 439 g/mol. The van der Waals surface area contributed by atoms with Crippen LogP contribution in [0.4, 0.5) is 13.2 Å². The Balaban J connectivity index is 2.17. The molecule has 9 heteroatoms. The number of nitrogens with zero attached hydrogens (tertiary/aromatic N) is 1. The highest BCUT2D eigenvalue weighted by Gasteiger charge is 2.31. The van der Waals surface area contributed by atoms with E-state index in [0.717, 1.165) is 6.07 Å². The second-order valence-electron chi connectivity index (χ2n) is 4.97. The number of ether oxygens (including phenoxy) is 2. The van der Waals surface area contributed by atoms with E-state index in [1.54, 1.807) is 30.3 Å². The molecule has 4 nitrogen and oxygen atoms in total. The molecule has 0 aliphatic carbocycles. The lowest BCUT2D eigenvalue weighted by Crippen LogP contribution is -2.06. The highest BCUT2D eigenvalue weighted by Crippen LogP contribution is 2.34. The fourth-order valence-corrected chi connectivity index (χ4v) is 2.48. The first-order valence-corrected chi connectivity index (χ1v) is 8.60. The standard InChI is InChI=1S/C17H12BrClF3NO3/c1-25-16(24)11(8-18)6-10-2-4-13(5-3-10)26-15-14(19)7-12(9-23-15)17(20,21)22/h2-7,9H,8H2,1H3/b11-6+. The van der Waals surface area contributed by atoms with Crippen molar-refractivity contribution in [1.29, 1.82) is 0 Å². The van der Waals surface area contributed by atoms with Crippen molar-refractivity contribution in [2.45, 2.75) is 6.18 Å². The number of carbonyl (C=O) groups excluding carboxylic acids is 1. The van der Waals surface area contributed by atoms with Crippen molar-refractivity contribution in [3.8, 4) is 11.6 Å². The maximum Gasteiger partial charge on any atom is 0.417 e. The molecule has 0 aliphatic rings. The van der Waals surface area contributed by atoms with Gasteiger partial charge in [-0.15, -0.1) is 0 Å². The minimum atomic E-state index is -4.53. The summed E-state index contributed by atoms with van der Waals surface area (Å²) >= 11 is 9.01. The normalized spacial score (nSPS) is 12.0. The predicted molar refractivity (Wildman–Crippen MR) is 94.6 cm³/mol. The van der Waals surface area contributed by atoms with Gasteiger partial charge in [-0.05, 0) is 29.8 Å². The Morgan fingerprint density at radius 2 is 1.96 bits per heavy atom. The van der Waals surface area contributed by atoms with Crippen LogP contribution >= 0.6 is 27.5 Å². The number of rotatable bonds is 5. The summed E-state index contributed by atoms with van der Waals surface area (Å²) in [6.45, 7) is 0. The minimum absolute atomic E-state index is 0.140. The van der Waals surface area contributed by atoms with Crippen molar-refractivity contribution in [3.63, 3.8) is 0 Å². The third-order valence-electron chi connectivity index (χ3n) is 3.16. The number of alkyl halides is 4. The lowest BCUT2D eigenvalue weighted by Gasteiger charge is -2.10. The number of hydrogen-bond donors (Lipinski definition) is 0. The van der Waals surface area contributed by atoms with Gasteiger partial charge in [-0.1, -0.05) is 39.7 Å². The number of halogens is 5. The first-order chi connectivity index (χ1) is 12.2. The van der Waals surface area contributed by atoms with Gasteiger partial charge in [-0.25, -0.2) is 9.78 Å². The lowest BCUT2D eigenvalue weighted by molar-refractivity contribution is -0.138. The summed E-state index contributed by atoms with van der Waals surface area (Å²) in [7, 11) is 1.29. The van der Waals surface area contributed by atoms with Gasteiger partial charge in [-0.2, -0.15) is 13.2 Å². The summed E-state index contributed by atoms with van der Waals surface area (Å²) in [5, 5.41) is 0.0688. The largest absolute Gasteiger partial charge is 0.466 e. The van der Waals surface area contributed by atoms with Crippen molar-refractivity contribution < 1.29 is 27.4 Å². The van der Waals surface area contributed by atoms with Crippen molar-refractivity contribution >= 4 is 39.6 Å². The summed E-state index contributed by atoms with van der Waals surface area (Å²) in [6.07, 6.45) is -2.25. The van der Waals surface area contributed by atoms with E-state index in [1.165, 1.54) is 7.11 Å². The Labute approximate surface area is 160 Å². The number of pyridine rings is 1. The molecule has 2 aromatic rings. The molecule has 1 heterocycles. The van der Waals surface area contributed by atoms with E-state index < -0.39 is 17.7 Å². The predicted octanol–water partition coefficient (Wildman–Crippen LogP) is 5.50. The summed E-state index contributed by atoms with van der Waals surface area (Å²) in [5.41, 5.74) is 0.178. The third kappa shape index (κ3) is 5.22. The van der Waals surface area contributed by atoms with Crippen LogP contribution in [0.3, 0.4) is 0 Å². The topological polar surface area (TPSA) is 48.4 Å². The molecule has 0 N–H and O–H groups in total. The van der Waals surface area contributed by atoms with Gasteiger partial charge in [0.25, 0.3) is 0 Å². The SMILES string of the molecule is COC(=O)/C(=C/c1ccc(Oc2ncc(C(F)(F)F)cc2Cl)cc1)CBr. The van der Waals surface area contributed by atoms with Crippen LogP contribution in [0.1, 0.15) is 11.1 Å². The Morgan fingerprint density at radius 1 is 1.31 bits per heavy atom. The molecule has 0 saturated heterocycles. The zero-order valence-corrected chi connectivity index (χ0v) is 15.7. The number of hydrogen-bond acceptors (Lipinski definition) is 4. The molecule has 2 rings (SSSR count). The van der Waals surface area contributed by atoms with Crippen LogP contribution in [0.2, 0.25) is 5.02 Å². The van der Waals surface area contributed by atoms with Crippen LogP contribution in [0, 0.1) is 0 Å². The molecule has 0 bridgehead atoms. The van der Waals surface area contributed by atoms with Crippen molar-refractivity contribution in [3.05, 3.63) is 58.3 Å². The van der Waals surface area contributed by atoms with Gasteiger partial charge in [0.2, 0.25) is 5.88 Å². The smallest absolute Gasteiger partial charge is 0.417 e. The average molecular weight is 451 g/mol. The number of benzene rings is 1. The first-order valence-electron chi connectivity index (χ1n) is 7.10. The van der Waals surface area contributed by atoms with Crippen LogP contribution in [-0.4, -0.2) is 23.4 Å². The molecule has 0 amide bonds. The van der Waals surface area contributed by atoms with Crippen LogP contribution in [0.25, 0.3) is 6.08 Å². The van der Waals surface area contributed by atoms with Crippen LogP contribution < -0.4 is 4.74 Å². The zero-order chi connectivity index (χ0) is 19.3. The monoisotopic (exact) mass is 449 g/mol. The second-order valence-corrected chi connectivity index (χ2v) is 5.94. The number of carbonyl (C=O) groups is 1. The van der Waals surface area contributed by atoms with Gasteiger partial charge in [0.1, 0.15) is 10.8 Å². The average Bonchev–Trinajstić information content (AvgIpc) is 2.61. The number of aromatic nitrogens is 1. The first kappa shape index (κ1) is 20.3. The molecule has 26 heavy (non-hydrogen) atoms. The lowest BCUT2D eigenvalue weighted by atomic mass is 10.1. The Bertz CT molecular complexity index is 823. The molecule has 0 unspecified atom stereocenters. The highest BCUT2D eigenvalue weighted by atomic mass is 79.9. The van der Waals surface area contributed by atoms with Crippen molar-refractivity contribution in [1.82, 2.24) is 4.98 Å². The molecule has 0 saturated carbocycles. The van der Waals surface area contributed by atoms with Crippen molar-refractivity contribution in [2.75, 3.05) is 12.4 Å². The maximum absolute atomic E-state index is 12.6. The quantitative estimate of drug-likeness (QED) is 0.343. The highest BCUT2D eigenvalue weighted by molar-refractivity contribution is 9.09. The fraction of sp³-hybridized carbons (Fsp3) is 0.176. The molecule has 138 valence electrons. The summed E-state index contributed by atoms with van der Waals surface area (Å²) in [4.78, 5) is 15.1. The molecule has 0 fully saturated rings. The van der Waals surface area contributed by atoms with E-state index in [0.29, 0.717) is 28.4 Å². The molecule has 0 spiro atoms. The zero-order valence-electron chi connectivity index (χ0n) is 13.3. The molecule has 0 aliphatic heterocycles. The van der Waals surface area contributed by atoms with Gasteiger partial charge in [0.05, 0.1) is 12.7 Å². The minimum Gasteiger partial charge on any atom is -0.466 e. The van der Waals surface area contributed by atoms with E-state index in [4.69, 9.17) is 16.3 Å². The maximum atomic E-state index is 12.6. The summed E-state index contributed by atoms with van der Waals surface area (Å²) in [6, 6.07) is 7.23. The Kier molecular flexibility index (Phi) is 6.66. The van der Waals surface area contributed by atoms with Crippen LogP contribution in [-0.2, 0) is 15.7 Å². The molecule has 1 aromatic carbocycles. The van der Waals surface area contributed by atoms with Crippen molar-refractivity contribution in [2.24, 2.45) is 0 Å². The van der Waals surface area contributed by atoms with E-state index in [2.05, 4.69) is 25.7 Å². The molecule has 0 atom stereocenters. The summed E-state index contributed by atoms with van der Waals surface area (Å²) in [5.74, 6) is -0.267. The van der Waals surface area contributed by atoms with Gasteiger partial charge in [0, 0.05) is 17.1 Å². The van der Waals surface area contributed by atoms with Gasteiger partial charge >= 0.3 is 12.1 Å².